The SMILES string of the molecule is CCCCNC(=O)C(C)NCCc1cccnc1. The van der Waals surface area contributed by atoms with Crippen LogP contribution in [-0.4, -0.2) is 30.0 Å². The van der Waals surface area contributed by atoms with Gasteiger partial charge in [-0.15, -0.1) is 0 Å². The number of nitrogens with zero attached hydrogens (tertiary/aromatic N) is 1. The van der Waals surface area contributed by atoms with E-state index in [9.17, 15) is 4.79 Å². The molecule has 1 atom stereocenters. The minimum absolute atomic E-state index is 0.0784. The molecule has 1 aromatic rings. The van der Waals surface area contributed by atoms with Crippen molar-refractivity contribution in [3.8, 4) is 0 Å². The summed E-state index contributed by atoms with van der Waals surface area (Å²) < 4.78 is 0. The highest BCUT2D eigenvalue weighted by Crippen LogP contribution is 1.96. The highest BCUT2D eigenvalue weighted by Gasteiger charge is 2.10. The quantitative estimate of drug-likeness (QED) is 0.687. The van der Waals surface area contributed by atoms with E-state index < -0.39 is 0 Å². The van der Waals surface area contributed by atoms with E-state index in [1.807, 2.05) is 25.3 Å². The third-order valence-electron chi connectivity index (χ3n) is 2.81. The topological polar surface area (TPSA) is 54.0 Å². The summed E-state index contributed by atoms with van der Waals surface area (Å²) in [5.41, 5.74) is 1.18. The Morgan fingerprint density at radius 2 is 2.28 bits per heavy atom. The number of hydrogen-bond acceptors (Lipinski definition) is 3. The van der Waals surface area contributed by atoms with Crippen LogP contribution in [0.2, 0.25) is 0 Å². The molecule has 18 heavy (non-hydrogen) atoms. The summed E-state index contributed by atoms with van der Waals surface area (Å²) in [6.07, 6.45) is 6.64. The Labute approximate surface area is 109 Å². The molecule has 0 radical (unpaired) electrons. The van der Waals surface area contributed by atoms with Crippen molar-refractivity contribution in [3.05, 3.63) is 30.1 Å². The van der Waals surface area contributed by atoms with E-state index in [-0.39, 0.29) is 11.9 Å². The minimum atomic E-state index is -0.140. The largest absolute Gasteiger partial charge is 0.355 e. The van der Waals surface area contributed by atoms with Crippen molar-refractivity contribution in [1.29, 1.82) is 0 Å². The average molecular weight is 249 g/mol. The van der Waals surface area contributed by atoms with Gasteiger partial charge in [0.2, 0.25) is 5.91 Å². The molecule has 1 amide bonds. The highest BCUT2D eigenvalue weighted by atomic mass is 16.2. The Bertz CT molecular complexity index is 340. The predicted octanol–water partition coefficient (Wildman–Crippen LogP) is 1.52. The number of rotatable bonds is 8. The van der Waals surface area contributed by atoms with Crippen LogP contribution >= 0.6 is 0 Å². The first-order valence-electron chi connectivity index (χ1n) is 6.64. The maximum absolute atomic E-state index is 11.7. The van der Waals surface area contributed by atoms with Gasteiger partial charge in [0.25, 0.3) is 0 Å². The molecule has 4 nitrogen and oxygen atoms in total. The zero-order valence-electron chi connectivity index (χ0n) is 11.3. The van der Waals surface area contributed by atoms with Crippen molar-refractivity contribution in [1.82, 2.24) is 15.6 Å². The van der Waals surface area contributed by atoms with Crippen molar-refractivity contribution in [3.63, 3.8) is 0 Å². The third kappa shape index (κ3) is 5.77. The van der Waals surface area contributed by atoms with E-state index >= 15 is 0 Å². The van der Waals surface area contributed by atoms with Gasteiger partial charge in [-0.3, -0.25) is 9.78 Å². The Kier molecular flexibility index (Phi) is 7.03. The molecule has 0 aliphatic carbocycles. The van der Waals surface area contributed by atoms with Crippen molar-refractivity contribution in [2.75, 3.05) is 13.1 Å². The average Bonchev–Trinajstić information content (AvgIpc) is 2.40. The van der Waals surface area contributed by atoms with Crippen LogP contribution in [0.5, 0.6) is 0 Å². The molecular formula is C14H23N3O. The molecular weight excluding hydrogens is 226 g/mol. The summed E-state index contributed by atoms with van der Waals surface area (Å²) in [6.45, 7) is 5.56. The second kappa shape index (κ2) is 8.64. The summed E-state index contributed by atoms with van der Waals surface area (Å²) in [7, 11) is 0. The molecule has 0 bridgehead atoms. The Balaban J connectivity index is 2.16. The van der Waals surface area contributed by atoms with Crippen LogP contribution in [0.4, 0.5) is 0 Å². The highest BCUT2D eigenvalue weighted by molar-refractivity contribution is 5.81. The number of aromatic nitrogens is 1. The fraction of sp³-hybridized carbons (Fsp3) is 0.571. The number of amides is 1. The fourth-order valence-electron chi connectivity index (χ4n) is 1.61. The van der Waals surface area contributed by atoms with Gasteiger partial charge in [0.1, 0.15) is 0 Å². The van der Waals surface area contributed by atoms with E-state index in [1.54, 1.807) is 6.20 Å². The van der Waals surface area contributed by atoms with Crippen molar-refractivity contribution in [2.24, 2.45) is 0 Å². The standard InChI is InChI=1S/C14H23N3O/c1-3-4-9-17-14(18)12(2)16-10-7-13-6-5-8-15-11-13/h5-6,8,11-12,16H,3-4,7,9-10H2,1-2H3,(H,17,18). The lowest BCUT2D eigenvalue weighted by atomic mass is 10.2. The van der Waals surface area contributed by atoms with Crippen molar-refractivity contribution in [2.45, 2.75) is 39.2 Å². The van der Waals surface area contributed by atoms with Crippen LogP contribution in [-0.2, 0) is 11.2 Å². The maximum Gasteiger partial charge on any atom is 0.236 e. The minimum Gasteiger partial charge on any atom is -0.355 e. The molecule has 1 rings (SSSR count). The molecule has 0 aliphatic rings. The molecule has 0 saturated carbocycles. The lowest BCUT2D eigenvalue weighted by Crippen LogP contribution is -2.43. The predicted molar refractivity (Wildman–Crippen MR) is 73.3 cm³/mol. The van der Waals surface area contributed by atoms with E-state index in [2.05, 4.69) is 22.5 Å². The smallest absolute Gasteiger partial charge is 0.236 e. The van der Waals surface area contributed by atoms with Gasteiger partial charge in [-0.1, -0.05) is 19.4 Å². The first-order chi connectivity index (χ1) is 8.74. The summed E-state index contributed by atoms with van der Waals surface area (Å²) in [6, 6.07) is 3.83. The summed E-state index contributed by atoms with van der Waals surface area (Å²) in [4.78, 5) is 15.7. The fourth-order valence-corrected chi connectivity index (χ4v) is 1.61. The monoisotopic (exact) mass is 249 g/mol. The molecule has 0 aliphatic heterocycles. The van der Waals surface area contributed by atoms with Crippen LogP contribution in [0.15, 0.2) is 24.5 Å². The van der Waals surface area contributed by atoms with Gasteiger partial charge in [-0.25, -0.2) is 0 Å². The van der Waals surface area contributed by atoms with Crippen LogP contribution < -0.4 is 10.6 Å². The molecule has 100 valence electrons. The Morgan fingerprint density at radius 3 is 2.94 bits per heavy atom. The van der Waals surface area contributed by atoms with Gasteiger partial charge < -0.3 is 10.6 Å². The van der Waals surface area contributed by atoms with Gasteiger partial charge in [-0.2, -0.15) is 0 Å². The number of pyridine rings is 1. The molecule has 0 spiro atoms. The molecule has 0 saturated heterocycles. The van der Waals surface area contributed by atoms with Gasteiger partial charge in [0.15, 0.2) is 0 Å². The third-order valence-corrected chi connectivity index (χ3v) is 2.81. The molecule has 4 heteroatoms. The Morgan fingerprint density at radius 1 is 1.44 bits per heavy atom. The zero-order chi connectivity index (χ0) is 13.2. The van der Waals surface area contributed by atoms with E-state index in [1.165, 1.54) is 5.56 Å². The van der Waals surface area contributed by atoms with Gasteiger partial charge in [-0.05, 0) is 37.9 Å². The van der Waals surface area contributed by atoms with E-state index in [4.69, 9.17) is 0 Å². The summed E-state index contributed by atoms with van der Waals surface area (Å²) >= 11 is 0. The van der Waals surface area contributed by atoms with Gasteiger partial charge in [0.05, 0.1) is 6.04 Å². The summed E-state index contributed by atoms with van der Waals surface area (Å²) in [5.74, 6) is 0.0784. The second-order valence-corrected chi connectivity index (χ2v) is 4.43. The van der Waals surface area contributed by atoms with Crippen LogP contribution in [0.3, 0.4) is 0 Å². The Hall–Kier alpha value is -1.42. The number of unbranched alkanes of at least 4 members (excludes halogenated alkanes) is 1. The van der Waals surface area contributed by atoms with Gasteiger partial charge in [0, 0.05) is 18.9 Å². The molecule has 1 unspecified atom stereocenters. The van der Waals surface area contributed by atoms with E-state index in [0.717, 1.165) is 32.4 Å². The van der Waals surface area contributed by atoms with Crippen LogP contribution in [0.1, 0.15) is 32.3 Å². The lowest BCUT2D eigenvalue weighted by molar-refractivity contribution is -0.122. The number of carbonyl (C=O) groups excluding carboxylic acids is 1. The number of nitrogens with one attached hydrogen (secondary N) is 2. The normalized spacial score (nSPS) is 12.1. The lowest BCUT2D eigenvalue weighted by Gasteiger charge is -2.13. The molecule has 2 N–H and O–H groups in total. The second-order valence-electron chi connectivity index (χ2n) is 4.43. The van der Waals surface area contributed by atoms with Crippen LogP contribution in [0.25, 0.3) is 0 Å². The molecule has 1 aromatic heterocycles. The summed E-state index contributed by atoms with van der Waals surface area (Å²) in [5, 5.41) is 6.14. The number of carbonyl (C=O) groups is 1. The first-order valence-corrected chi connectivity index (χ1v) is 6.64. The van der Waals surface area contributed by atoms with Crippen LogP contribution in [0, 0.1) is 0 Å². The first kappa shape index (κ1) is 14.6. The van der Waals surface area contributed by atoms with Crippen molar-refractivity contribution < 1.29 is 4.79 Å². The van der Waals surface area contributed by atoms with E-state index in [0.29, 0.717) is 0 Å². The zero-order valence-corrected chi connectivity index (χ0v) is 11.3. The van der Waals surface area contributed by atoms with Gasteiger partial charge >= 0.3 is 0 Å². The maximum atomic E-state index is 11.7. The van der Waals surface area contributed by atoms with Crippen molar-refractivity contribution >= 4 is 5.91 Å². The number of hydrogen-bond donors (Lipinski definition) is 2. The molecule has 0 aromatic carbocycles. The molecule has 0 fully saturated rings. The molecule has 1 heterocycles.